The topological polar surface area (TPSA) is 26.7 Å². The van der Waals surface area contributed by atoms with Gasteiger partial charge in [0.1, 0.15) is 0 Å². The lowest BCUT2D eigenvalue weighted by atomic mass is 10.1. The van der Waals surface area contributed by atoms with Gasteiger partial charge in [-0.3, -0.25) is 0 Å². The lowest BCUT2D eigenvalue weighted by molar-refractivity contribution is 0.181. The van der Waals surface area contributed by atoms with Crippen LogP contribution >= 0.6 is 0 Å². The van der Waals surface area contributed by atoms with Crippen molar-refractivity contribution in [3.05, 3.63) is 0 Å². The van der Waals surface area contributed by atoms with Crippen molar-refractivity contribution >= 4 is 0 Å². The van der Waals surface area contributed by atoms with E-state index in [0.29, 0.717) is 12.5 Å². The molecule has 3 heteroatoms. The Balaban J connectivity index is 1.93. The second-order valence-corrected chi connectivity index (χ2v) is 3.98. The number of rotatable bonds is 2. The van der Waals surface area contributed by atoms with Gasteiger partial charge in [-0.05, 0) is 12.3 Å². The van der Waals surface area contributed by atoms with Crippen LogP contribution in [0.15, 0.2) is 0 Å². The summed E-state index contributed by atoms with van der Waals surface area (Å²) in [4.78, 5) is 5.06. The SMILES string of the molecule is OCCC1CN2CCN(CC2)C1. The van der Waals surface area contributed by atoms with Gasteiger partial charge in [-0.15, -0.1) is 0 Å². The standard InChI is InChI=1S/C9H18N2O/c12-6-1-9-7-10-2-3-11(8-9)5-4-10/h9,12H,1-8H2. The molecule has 0 unspecified atom stereocenters. The number of hydrogen-bond donors (Lipinski definition) is 1. The van der Waals surface area contributed by atoms with E-state index in [4.69, 9.17) is 5.11 Å². The van der Waals surface area contributed by atoms with Crippen molar-refractivity contribution in [2.24, 2.45) is 5.92 Å². The maximum absolute atomic E-state index is 8.87. The van der Waals surface area contributed by atoms with E-state index in [1.54, 1.807) is 0 Å². The molecule has 0 aromatic carbocycles. The van der Waals surface area contributed by atoms with Gasteiger partial charge in [0.2, 0.25) is 0 Å². The lowest BCUT2D eigenvalue weighted by Crippen LogP contribution is -2.42. The minimum atomic E-state index is 0.354. The highest BCUT2D eigenvalue weighted by molar-refractivity contribution is 4.81. The summed E-state index contributed by atoms with van der Waals surface area (Å²) >= 11 is 0. The zero-order chi connectivity index (χ0) is 8.39. The normalized spacial score (nSPS) is 41.2. The van der Waals surface area contributed by atoms with E-state index in [-0.39, 0.29) is 0 Å². The molecule has 1 N–H and O–H groups in total. The van der Waals surface area contributed by atoms with Gasteiger partial charge in [-0.1, -0.05) is 0 Å². The van der Waals surface area contributed by atoms with Crippen LogP contribution in [0.3, 0.4) is 0 Å². The second kappa shape index (κ2) is 3.73. The summed E-state index contributed by atoms with van der Waals surface area (Å²) in [6.45, 7) is 7.72. The number of piperazine rings is 1. The van der Waals surface area contributed by atoms with Crippen molar-refractivity contribution in [1.82, 2.24) is 9.80 Å². The molecule has 3 fully saturated rings. The van der Waals surface area contributed by atoms with Gasteiger partial charge >= 0.3 is 0 Å². The monoisotopic (exact) mass is 170 g/mol. The van der Waals surface area contributed by atoms with Crippen molar-refractivity contribution in [1.29, 1.82) is 0 Å². The van der Waals surface area contributed by atoms with E-state index in [2.05, 4.69) is 9.80 Å². The van der Waals surface area contributed by atoms with Crippen molar-refractivity contribution in [2.75, 3.05) is 45.9 Å². The van der Waals surface area contributed by atoms with Crippen LogP contribution in [0.2, 0.25) is 0 Å². The van der Waals surface area contributed by atoms with Gasteiger partial charge in [0.05, 0.1) is 0 Å². The molecular weight excluding hydrogens is 152 g/mol. The average Bonchev–Trinajstić information content (AvgIpc) is 2.36. The Morgan fingerprint density at radius 2 is 1.50 bits per heavy atom. The molecule has 3 nitrogen and oxygen atoms in total. The third-order valence-corrected chi connectivity index (χ3v) is 3.04. The van der Waals surface area contributed by atoms with Crippen molar-refractivity contribution in [2.45, 2.75) is 6.42 Å². The second-order valence-electron chi connectivity index (χ2n) is 3.98. The molecule has 0 aromatic heterocycles. The van der Waals surface area contributed by atoms with Crippen LogP contribution in [-0.4, -0.2) is 60.8 Å². The van der Waals surface area contributed by atoms with Gasteiger partial charge in [-0.2, -0.15) is 0 Å². The highest BCUT2D eigenvalue weighted by atomic mass is 16.3. The molecule has 0 spiro atoms. The third-order valence-electron chi connectivity index (χ3n) is 3.04. The molecule has 3 rings (SSSR count). The first-order chi connectivity index (χ1) is 5.88. The Morgan fingerprint density at radius 1 is 1.00 bits per heavy atom. The maximum Gasteiger partial charge on any atom is 0.0434 e. The Labute approximate surface area is 74.0 Å². The molecule has 3 aliphatic heterocycles. The van der Waals surface area contributed by atoms with E-state index in [9.17, 15) is 0 Å². The molecule has 3 saturated heterocycles. The van der Waals surface area contributed by atoms with Crippen LogP contribution in [0.25, 0.3) is 0 Å². The highest BCUT2D eigenvalue weighted by Crippen LogP contribution is 2.16. The summed E-state index contributed by atoms with van der Waals surface area (Å²) in [6, 6.07) is 0. The summed E-state index contributed by atoms with van der Waals surface area (Å²) in [7, 11) is 0. The smallest absolute Gasteiger partial charge is 0.0434 e. The molecule has 70 valence electrons. The summed E-state index contributed by atoms with van der Waals surface area (Å²) in [6.07, 6.45) is 0.979. The van der Waals surface area contributed by atoms with E-state index in [1.165, 1.54) is 39.3 Å². The quantitative estimate of drug-likeness (QED) is 0.612. The van der Waals surface area contributed by atoms with Crippen molar-refractivity contribution in [3.63, 3.8) is 0 Å². The van der Waals surface area contributed by atoms with Crippen LogP contribution in [0, 0.1) is 5.92 Å². The van der Waals surface area contributed by atoms with Crippen molar-refractivity contribution in [3.8, 4) is 0 Å². The van der Waals surface area contributed by atoms with Gasteiger partial charge < -0.3 is 14.9 Å². The molecule has 3 aliphatic rings. The zero-order valence-corrected chi connectivity index (χ0v) is 7.58. The fourth-order valence-corrected chi connectivity index (χ4v) is 2.31. The highest BCUT2D eigenvalue weighted by Gasteiger charge is 2.26. The molecule has 0 amide bonds. The molecule has 0 radical (unpaired) electrons. The summed E-state index contributed by atoms with van der Waals surface area (Å²) < 4.78 is 0. The number of nitrogens with zero attached hydrogens (tertiary/aromatic N) is 2. The summed E-state index contributed by atoms with van der Waals surface area (Å²) in [5, 5.41) is 8.87. The maximum atomic E-state index is 8.87. The first kappa shape index (κ1) is 8.48. The van der Waals surface area contributed by atoms with E-state index in [0.717, 1.165) is 6.42 Å². The van der Waals surface area contributed by atoms with Crippen LogP contribution in [0.5, 0.6) is 0 Å². The number of aliphatic hydroxyl groups excluding tert-OH is 1. The molecule has 2 bridgehead atoms. The summed E-state index contributed by atoms with van der Waals surface area (Å²) in [5.41, 5.74) is 0. The minimum absolute atomic E-state index is 0.354. The minimum Gasteiger partial charge on any atom is -0.396 e. The van der Waals surface area contributed by atoms with Crippen LogP contribution in [0.1, 0.15) is 6.42 Å². The van der Waals surface area contributed by atoms with Crippen LogP contribution < -0.4 is 0 Å². The molecule has 0 atom stereocenters. The van der Waals surface area contributed by atoms with Crippen molar-refractivity contribution < 1.29 is 5.11 Å². The summed E-state index contributed by atoms with van der Waals surface area (Å²) in [5.74, 6) is 0.708. The Hall–Kier alpha value is -0.120. The number of hydrogen-bond acceptors (Lipinski definition) is 3. The zero-order valence-electron chi connectivity index (χ0n) is 7.58. The van der Waals surface area contributed by atoms with E-state index >= 15 is 0 Å². The van der Waals surface area contributed by atoms with Gasteiger partial charge in [-0.25, -0.2) is 0 Å². The Bertz CT molecular complexity index is 129. The molecule has 0 saturated carbocycles. The fraction of sp³-hybridized carbons (Fsp3) is 1.00. The van der Waals surface area contributed by atoms with Crippen LogP contribution in [0.4, 0.5) is 0 Å². The lowest BCUT2D eigenvalue weighted by Gasteiger charge is -2.28. The van der Waals surface area contributed by atoms with Gasteiger partial charge in [0.25, 0.3) is 0 Å². The predicted octanol–water partition coefficient (Wildman–Crippen LogP) is -0.384. The van der Waals surface area contributed by atoms with E-state index in [1.807, 2.05) is 0 Å². The number of aliphatic hydroxyl groups is 1. The van der Waals surface area contributed by atoms with Gasteiger partial charge in [0.15, 0.2) is 0 Å². The molecule has 0 aliphatic carbocycles. The predicted molar refractivity (Wildman–Crippen MR) is 48.1 cm³/mol. The van der Waals surface area contributed by atoms with Crippen LogP contribution in [-0.2, 0) is 0 Å². The fourth-order valence-electron chi connectivity index (χ4n) is 2.31. The number of fused-ring (bicyclic) bond motifs is 4. The molecule has 3 heterocycles. The Kier molecular flexibility index (Phi) is 2.63. The third kappa shape index (κ3) is 1.79. The Morgan fingerprint density at radius 3 is 1.92 bits per heavy atom. The van der Waals surface area contributed by atoms with Gasteiger partial charge in [0, 0.05) is 45.9 Å². The average molecular weight is 170 g/mol. The molecular formula is C9H18N2O. The van der Waals surface area contributed by atoms with E-state index < -0.39 is 0 Å². The largest absolute Gasteiger partial charge is 0.396 e. The molecule has 0 aromatic rings. The first-order valence-electron chi connectivity index (χ1n) is 4.94. The molecule has 12 heavy (non-hydrogen) atoms. The first-order valence-corrected chi connectivity index (χ1v) is 4.94.